The van der Waals surface area contributed by atoms with E-state index in [2.05, 4.69) is 15.9 Å². The zero-order valence-corrected chi connectivity index (χ0v) is 11.2. The van der Waals surface area contributed by atoms with Crippen molar-refractivity contribution in [3.05, 3.63) is 57.0 Å². The minimum atomic E-state index is 0.617. The molecule has 0 aliphatic rings. The van der Waals surface area contributed by atoms with Gasteiger partial charge in [-0.2, -0.15) is 0 Å². The van der Waals surface area contributed by atoms with E-state index < -0.39 is 0 Å². The van der Waals surface area contributed by atoms with Crippen LogP contribution in [0.1, 0.15) is 0 Å². The average molecular weight is 318 g/mol. The van der Waals surface area contributed by atoms with Crippen LogP contribution in [0.5, 0.6) is 11.5 Å². The van der Waals surface area contributed by atoms with Gasteiger partial charge in [-0.1, -0.05) is 23.2 Å². The third-order valence-corrected chi connectivity index (χ3v) is 3.42. The molecule has 0 heterocycles. The molecule has 0 fully saturated rings. The first-order valence-corrected chi connectivity index (χ1v) is 6.08. The zero-order valence-electron chi connectivity index (χ0n) is 8.08. The van der Waals surface area contributed by atoms with Crippen LogP contribution in [-0.4, -0.2) is 0 Å². The Bertz CT molecular complexity index is 497. The molecule has 0 saturated carbocycles. The quantitative estimate of drug-likeness (QED) is 0.705. The Labute approximate surface area is 112 Å². The first kappa shape index (κ1) is 11.8. The Hall–Kier alpha value is -0.700. The molecule has 0 amide bonds. The second-order valence-corrected chi connectivity index (χ2v) is 4.83. The van der Waals surface area contributed by atoms with Gasteiger partial charge in [-0.25, -0.2) is 0 Å². The van der Waals surface area contributed by atoms with Crippen molar-refractivity contribution in [2.75, 3.05) is 0 Å². The molecule has 0 bridgehead atoms. The van der Waals surface area contributed by atoms with Gasteiger partial charge in [0.05, 0.1) is 5.02 Å². The van der Waals surface area contributed by atoms with Crippen LogP contribution in [0.4, 0.5) is 0 Å². The van der Waals surface area contributed by atoms with Gasteiger partial charge in [0, 0.05) is 15.6 Å². The van der Waals surface area contributed by atoms with Crippen molar-refractivity contribution >= 4 is 39.1 Å². The first-order chi connectivity index (χ1) is 7.65. The summed E-state index contributed by atoms with van der Waals surface area (Å²) in [5.41, 5.74) is 0. The molecular formula is C12H7BrCl2O. The van der Waals surface area contributed by atoms with E-state index in [4.69, 9.17) is 27.9 Å². The Morgan fingerprint density at radius 1 is 0.875 bits per heavy atom. The molecule has 4 heteroatoms. The lowest BCUT2D eigenvalue weighted by atomic mass is 10.3. The Balaban J connectivity index is 2.20. The van der Waals surface area contributed by atoms with E-state index in [-0.39, 0.29) is 0 Å². The number of rotatable bonds is 2. The average Bonchev–Trinajstić information content (AvgIpc) is 2.27. The van der Waals surface area contributed by atoms with Crippen molar-refractivity contribution in [3.63, 3.8) is 0 Å². The molecule has 82 valence electrons. The van der Waals surface area contributed by atoms with Crippen molar-refractivity contribution < 1.29 is 4.74 Å². The lowest BCUT2D eigenvalue weighted by Crippen LogP contribution is -1.83. The van der Waals surface area contributed by atoms with Crippen LogP contribution in [0.3, 0.4) is 0 Å². The number of halogens is 3. The summed E-state index contributed by atoms with van der Waals surface area (Å²) in [7, 11) is 0. The summed E-state index contributed by atoms with van der Waals surface area (Å²) in [6.07, 6.45) is 0. The van der Waals surface area contributed by atoms with Gasteiger partial charge >= 0.3 is 0 Å². The lowest BCUT2D eigenvalue weighted by Gasteiger charge is -2.06. The summed E-state index contributed by atoms with van der Waals surface area (Å²) in [4.78, 5) is 0. The second-order valence-electron chi connectivity index (χ2n) is 3.13. The monoisotopic (exact) mass is 316 g/mol. The summed E-state index contributed by atoms with van der Waals surface area (Å²) in [5, 5.41) is 1.30. The molecule has 16 heavy (non-hydrogen) atoms. The van der Waals surface area contributed by atoms with Gasteiger partial charge in [0.2, 0.25) is 0 Å². The third kappa shape index (κ3) is 2.91. The van der Waals surface area contributed by atoms with Crippen LogP contribution in [0.2, 0.25) is 10.0 Å². The van der Waals surface area contributed by atoms with Gasteiger partial charge in [-0.05, 0) is 52.3 Å². The van der Waals surface area contributed by atoms with Crippen LogP contribution in [-0.2, 0) is 0 Å². The molecule has 0 atom stereocenters. The van der Waals surface area contributed by atoms with E-state index in [9.17, 15) is 0 Å². The summed E-state index contributed by atoms with van der Waals surface area (Å²) in [5.74, 6) is 1.42. The normalized spacial score (nSPS) is 10.2. The molecule has 2 rings (SSSR count). The minimum absolute atomic E-state index is 0.617. The molecule has 0 spiro atoms. The SMILES string of the molecule is Clc1ccc(Oc2ccc(Br)c(Cl)c2)cc1. The van der Waals surface area contributed by atoms with Gasteiger partial charge < -0.3 is 4.74 Å². The highest BCUT2D eigenvalue weighted by molar-refractivity contribution is 9.10. The van der Waals surface area contributed by atoms with Crippen LogP contribution >= 0.6 is 39.1 Å². The number of hydrogen-bond donors (Lipinski definition) is 0. The van der Waals surface area contributed by atoms with E-state index in [1.165, 1.54) is 0 Å². The highest BCUT2D eigenvalue weighted by Crippen LogP contribution is 2.29. The maximum atomic E-state index is 5.96. The molecule has 0 aliphatic heterocycles. The Kier molecular flexibility index (Phi) is 3.74. The largest absolute Gasteiger partial charge is 0.457 e. The summed E-state index contributed by atoms with van der Waals surface area (Å²) in [6, 6.07) is 12.6. The molecule has 2 aromatic carbocycles. The zero-order chi connectivity index (χ0) is 11.5. The lowest BCUT2D eigenvalue weighted by molar-refractivity contribution is 0.482. The highest BCUT2D eigenvalue weighted by Gasteiger charge is 2.01. The summed E-state index contributed by atoms with van der Waals surface area (Å²) < 4.78 is 6.45. The maximum Gasteiger partial charge on any atom is 0.128 e. The number of benzene rings is 2. The van der Waals surface area contributed by atoms with E-state index >= 15 is 0 Å². The molecule has 0 aromatic heterocycles. The first-order valence-electron chi connectivity index (χ1n) is 4.53. The minimum Gasteiger partial charge on any atom is -0.457 e. The number of ether oxygens (including phenoxy) is 1. The topological polar surface area (TPSA) is 9.23 Å². The van der Waals surface area contributed by atoms with Gasteiger partial charge in [0.1, 0.15) is 11.5 Å². The fourth-order valence-electron chi connectivity index (χ4n) is 1.18. The van der Waals surface area contributed by atoms with Crippen molar-refractivity contribution in [2.45, 2.75) is 0 Å². The predicted octanol–water partition coefficient (Wildman–Crippen LogP) is 5.55. The summed E-state index contributed by atoms with van der Waals surface area (Å²) >= 11 is 15.1. The number of hydrogen-bond acceptors (Lipinski definition) is 1. The second kappa shape index (κ2) is 5.09. The van der Waals surface area contributed by atoms with Crippen molar-refractivity contribution in [1.29, 1.82) is 0 Å². The Morgan fingerprint density at radius 2 is 1.50 bits per heavy atom. The highest BCUT2D eigenvalue weighted by atomic mass is 79.9. The molecule has 0 radical (unpaired) electrons. The standard InChI is InChI=1S/C12H7BrCl2O/c13-11-6-5-10(7-12(11)15)16-9-3-1-8(14)2-4-9/h1-7H. The molecule has 1 nitrogen and oxygen atoms in total. The van der Waals surface area contributed by atoms with Crippen molar-refractivity contribution in [1.82, 2.24) is 0 Å². The smallest absolute Gasteiger partial charge is 0.128 e. The fraction of sp³-hybridized carbons (Fsp3) is 0. The van der Waals surface area contributed by atoms with E-state index in [1.807, 2.05) is 12.1 Å². The van der Waals surface area contributed by atoms with Gasteiger partial charge in [0.15, 0.2) is 0 Å². The van der Waals surface area contributed by atoms with Gasteiger partial charge in [0.25, 0.3) is 0 Å². The maximum absolute atomic E-state index is 5.96. The molecular weight excluding hydrogens is 311 g/mol. The predicted molar refractivity (Wildman–Crippen MR) is 70.7 cm³/mol. The van der Waals surface area contributed by atoms with Crippen LogP contribution < -0.4 is 4.74 Å². The third-order valence-electron chi connectivity index (χ3n) is 1.94. The van der Waals surface area contributed by atoms with Gasteiger partial charge in [-0.15, -0.1) is 0 Å². The molecule has 0 N–H and O–H groups in total. The van der Waals surface area contributed by atoms with Crippen LogP contribution in [0, 0.1) is 0 Å². The van der Waals surface area contributed by atoms with Crippen LogP contribution in [0.25, 0.3) is 0 Å². The molecule has 0 saturated heterocycles. The fourth-order valence-corrected chi connectivity index (χ4v) is 1.72. The van der Waals surface area contributed by atoms with E-state index in [0.717, 1.165) is 10.2 Å². The van der Waals surface area contributed by atoms with Crippen molar-refractivity contribution in [3.8, 4) is 11.5 Å². The van der Waals surface area contributed by atoms with E-state index in [1.54, 1.807) is 30.3 Å². The van der Waals surface area contributed by atoms with E-state index in [0.29, 0.717) is 15.8 Å². The molecule has 0 unspecified atom stereocenters. The molecule has 2 aromatic rings. The van der Waals surface area contributed by atoms with Crippen molar-refractivity contribution in [2.24, 2.45) is 0 Å². The Morgan fingerprint density at radius 3 is 2.12 bits per heavy atom. The van der Waals surface area contributed by atoms with Gasteiger partial charge in [-0.3, -0.25) is 0 Å². The molecule has 0 aliphatic carbocycles. The van der Waals surface area contributed by atoms with Crippen LogP contribution in [0.15, 0.2) is 46.9 Å². The summed E-state index contributed by atoms with van der Waals surface area (Å²) in [6.45, 7) is 0.